The molecule has 1 aromatic heterocycles. The van der Waals surface area contributed by atoms with E-state index in [0.717, 1.165) is 11.1 Å². The van der Waals surface area contributed by atoms with Crippen molar-refractivity contribution in [2.24, 2.45) is 10.7 Å². The third-order valence-electron chi connectivity index (χ3n) is 4.02. The monoisotopic (exact) mass is 328 g/mol. The Kier molecular flexibility index (Phi) is 4.05. The Labute approximate surface area is 139 Å². The van der Waals surface area contributed by atoms with Crippen molar-refractivity contribution < 1.29 is 4.79 Å². The first-order valence-corrected chi connectivity index (χ1v) is 7.68. The highest BCUT2D eigenvalue weighted by atomic mass is 35.5. The number of carbonyl (C=O) groups is 1. The quantitative estimate of drug-likeness (QED) is 0.921. The first-order valence-electron chi connectivity index (χ1n) is 7.30. The second-order valence-electron chi connectivity index (χ2n) is 5.58. The predicted octanol–water partition coefficient (Wildman–Crippen LogP) is 2.66. The Morgan fingerprint density at radius 3 is 2.70 bits per heavy atom. The van der Waals surface area contributed by atoms with Crippen molar-refractivity contribution in [1.82, 2.24) is 9.88 Å². The average Bonchev–Trinajstić information content (AvgIpc) is 2.53. The number of aliphatic imine (C=N–C) groups is 1. The van der Waals surface area contributed by atoms with Crippen LogP contribution in [-0.4, -0.2) is 34.8 Å². The summed E-state index contributed by atoms with van der Waals surface area (Å²) in [6.45, 7) is 1.87. The number of hydrogen-bond donors (Lipinski definition) is 1. The van der Waals surface area contributed by atoms with Crippen molar-refractivity contribution in [3.63, 3.8) is 0 Å². The van der Waals surface area contributed by atoms with E-state index in [-0.39, 0.29) is 17.9 Å². The van der Waals surface area contributed by atoms with E-state index in [0.29, 0.717) is 10.7 Å². The molecule has 5 nitrogen and oxygen atoms in total. The molecule has 1 aliphatic heterocycles. The van der Waals surface area contributed by atoms with Gasteiger partial charge in [-0.15, -0.1) is 0 Å². The first-order chi connectivity index (χ1) is 11.0. The number of halogens is 1. The molecular weight excluding hydrogens is 312 g/mol. The van der Waals surface area contributed by atoms with Crippen LogP contribution in [0.15, 0.2) is 47.6 Å². The molecule has 1 aliphatic rings. The molecule has 2 atom stereocenters. The van der Waals surface area contributed by atoms with Gasteiger partial charge in [-0.1, -0.05) is 23.7 Å². The van der Waals surface area contributed by atoms with Gasteiger partial charge in [0.1, 0.15) is 5.92 Å². The number of guanidine groups is 1. The van der Waals surface area contributed by atoms with Gasteiger partial charge < -0.3 is 5.73 Å². The Hall–Kier alpha value is -2.40. The van der Waals surface area contributed by atoms with Crippen LogP contribution in [0, 0.1) is 0 Å². The molecule has 1 amide bonds. The van der Waals surface area contributed by atoms with Gasteiger partial charge in [-0.05, 0) is 42.3 Å². The highest BCUT2D eigenvalue weighted by Gasteiger charge is 2.35. The molecular formula is C17H17ClN4O. The van der Waals surface area contributed by atoms with Crippen LogP contribution in [0.3, 0.4) is 0 Å². The fourth-order valence-electron chi connectivity index (χ4n) is 2.74. The number of likely N-dealkylation sites (N-methyl/N-ethyl adjacent to an activating group) is 1. The maximum Gasteiger partial charge on any atom is 0.240 e. The minimum absolute atomic E-state index is 0.0965. The summed E-state index contributed by atoms with van der Waals surface area (Å²) < 4.78 is 0. The Balaban J connectivity index is 2.02. The van der Waals surface area contributed by atoms with Gasteiger partial charge in [0.05, 0.1) is 11.7 Å². The zero-order valence-electron chi connectivity index (χ0n) is 12.9. The lowest BCUT2D eigenvalue weighted by molar-refractivity contribution is -0.129. The van der Waals surface area contributed by atoms with E-state index < -0.39 is 5.92 Å². The number of amides is 1. The summed E-state index contributed by atoms with van der Waals surface area (Å²) in [5, 5.41) is 0.667. The number of rotatable bonds is 2. The smallest absolute Gasteiger partial charge is 0.240 e. The summed E-state index contributed by atoms with van der Waals surface area (Å²) >= 11 is 6.06. The summed E-state index contributed by atoms with van der Waals surface area (Å²) in [6, 6.07) is 11.1. The van der Waals surface area contributed by atoms with Gasteiger partial charge >= 0.3 is 0 Å². The number of pyridine rings is 1. The summed E-state index contributed by atoms with van der Waals surface area (Å²) in [6.07, 6.45) is 1.70. The summed E-state index contributed by atoms with van der Waals surface area (Å²) in [5.41, 5.74) is 8.38. The lowest BCUT2D eigenvalue weighted by Crippen LogP contribution is -2.48. The van der Waals surface area contributed by atoms with Crippen LogP contribution in [0.4, 0.5) is 0 Å². The van der Waals surface area contributed by atoms with Crippen molar-refractivity contribution in [3.05, 3.63) is 53.3 Å². The van der Waals surface area contributed by atoms with Crippen molar-refractivity contribution in [2.45, 2.75) is 18.9 Å². The summed E-state index contributed by atoms with van der Waals surface area (Å²) in [5.74, 6) is -0.295. The van der Waals surface area contributed by atoms with Gasteiger partial charge in [0.25, 0.3) is 0 Å². The molecule has 0 fully saturated rings. The van der Waals surface area contributed by atoms with Gasteiger partial charge in [0.15, 0.2) is 5.96 Å². The first kappa shape index (κ1) is 15.5. The van der Waals surface area contributed by atoms with Gasteiger partial charge in [0, 0.05) is 18.3 Å². The number of nitrogens with zero attached hydrogens (tertiary/aromatic N) is 3. The highest BCUT2D eigenvalue weighted by Crippen LogP contribution is 2.29. The molecule has 0 bridgehead atoms. The average molecular weight is 329 g/mol. The molecule has 2 heterocycles. The van der Waals surface area contributed by atoms with Gasteiger partial charge in [-0.25, -0.2) is 4.99 Å². The maximum atomic E-state index is 12.6. The molecule has 0 radical (unpaired) electrons. The Morgan fingerprint density at radius 1 is 1.22 bits per heavy atom. The van der Waals surface area contributed by atoms with Crippen molar-refractivity contribution in [2.75, 3.05) is 7.05 Å². The van der Waals surface area contributed by atoms with E-state index in [4.69, 9.17) is 17.3 Å². The van der Waals surface area contributed by atoms with E-state index in [9.17, 15) is 4.79 Å². The second kappa shape index (κ2) is 6.01. The van der Waals surface area contributed by atoms with Crippen LogP contribution in [-0.2, 0) is 4.79 Å². The number of nitrogens with two attached hydrogens (primary N) is 1. The molecule has 3 rings (SSSR count). The molecule has 2 aromatic rings. The zero-order chi connectivity index (χ0) is 16.6. The topological polar surface area (TPSA) is 71.6 Å². The van der Waals surface area contributed by atoms with Gasteiger partial charge in [0.2, 0.25) is 5.91 Å². The summed E-state index contributed by atoms with van der Waals surface area (Å²) in [7, 11) is 1.63. The highest BCUT2D eigenvalue weighted by molar-refractivity contribution is 6.30. The largest absolute Gasteiger partial charge is 0.369 e. The van der Waals surface area contributed by atoms with Crippen LogP contribution in [0.25, 0.3) is 11.1 Å². The molecule has 1 unspecified atom stereocenters. The standard InChI is InChI=1S/C17H17ClN4O/c1-10-15(16(23)22(2)17(19)21-10)14-9-12(6-7-20-14)11-4-3-5-13(18)8-11/h3-10,15H,1-2H3,(H2,19,21)/t10-,15?/m0/s1. The molecule has 0 saturated heterocycles. The van der Waals surface area contributed by atoms with Gasteiger partial charge in [-0.2, -0.15) is 0 Å². The van der Waals surface area contributed by atoms with Crippen LogP contribution >= 0.6 is 11.6 Å². The van der Waals surface area contributed by atoms with Crippen LogP contribution in [0.2, 0.25) is 5.02 Å². The Morgan fingerprint density at radius 2 is 1.96 bits per heavy atom. The lowest BCUT2D eigenvalue weighted by atomic mass is 9.92. The number of aromatic nitrogens is 1. The molecule has 0 spiro atoms. The van der Waals surface area contributed by atoms with Crippen molar-refractivity contribution >= 4 is 23.5 Å². The number of carbonyl (C=O) groups excluding carboxylic acids is 1. The van der Waals surface area contributed by atoms with Crippen molar-refractivity contribution in [3.8, 4) is 11.1 Å². The predicted molar refractivity (Wildman–Crippen MR) is 91.3 cm³/mol. The zero-order valence-corrected chi connectivity index (χ0v) is 13.7. The molecule has 23 heavy (non-hydrogen) atoms. The normalized spacial score (nSPS) is 21.3. The molecule has 118 valence electrons. The third-order valence-corrected chi connectivity index (χ3v) is 4.25. The second-order valence-corrected chi connectivity index (χ2v) is 6.02. The van der Waals surface area contributed by atoms with Gasteiger partial charge in [-0.3, -0.25) is 14.7 Å². The fraction of sp³-hybridized carbons (Fsp3) is 0.235. The van der Waals surface area contributed by atoms with Crippen LogP contribution in [0.5, 0.6) is 0 Å². The number of benzene rings is 1. The SMILES string of the molecule is C[C@@H]1N=C(N)N(C)C(=O)C1c1cc(-c2cccc(Cl)c2)ccn1. The fourth-order valence-corrected chi connectivity index (χ4v) is 2.93. The van der Waals surface area contributed by atoms with E-state index >= 15 is 0 Å². The number of hydrogen-bond acceptors (Lipinski definition) is 4. The van der Waals surface area contributed by atoms with E-state index in [1.54, 1.807) is 13.2 Å². The lowest BCUT2D eigenvalue weighted by Gasteiger charge is -2.30. The molecule has 0 saturated carbocycles. The minimum Gasteiger partial charge on any atom is -0.369 e. The minimum atomic E-state index is -0.438. The molecule has 2 N–H and O–H groups in total. The molecule has 1 aromatic carbocycles. The van der Waals surface area contributed by atoms with Crippen molar-refractivity contribution in [1.29, 1.82) is 0 Å². The van der Waals surface area contributed by atoms with E-state index in [2.05, 4.69) is 9.98 Å². The maximum absolute atomic E-state index is 12.6. The third kappa shape index (κ3) is 2.92. The summed E-state index contributed by atoms with van der Waals surface area (Å²) in [4.78, 5) is 22.6. The Bertz CT molecular complexity index is 790. The molecule has 6 heteroatoms. The van der Waals surface area contributed by atoms with E-state index in [1.165, 1.54) is 4.90 Å². The molecule has 0 aliphatic carbocycles. The van der Waals surface area contributed by atoms with E-state index in [1.807, 2.05) is 43.3 Å². The van der Waals surface area contributed by atoms with Crippen LogP contribution in [0.1, 0.15) is 18.5 Å². The van der Waals surface area contributed by atoms with Crippen LogP contribution < -0.4 is 5.73 Å².